The second-order valence-electron chi connectivity index (χ2n) is 6.54. The molecule has 4 rings (SSSR count). The maximum absolute atomic E-state index is 13.0. The lowest BCUT2D eigenvalue weighted by Gasteiger charge is -2.15. The molecule has 2 heterocycles. The first-order valence-electron chi connectivity index (χ1n) is 9.18. The highest BCUT2D eigenvalue weighted by molar-refractivity contribution is 5.89. The fraction of sp³-hybridized carbons (Fsp3) is 0.227. The topological polar surface area (TPSA) is 75.5 Å². The van der Waals surface area contributed by atoms with E-state index < -0.39 is 0 Å². The van der Waals surface area contributed by atoms with E-state index in [2.05, 4.69) is 4.98 Å². The van der Waals surface area contributed by atoms with Crippen molar-refractivity contribution < 1.29 is 14.2 Å². The number of fused-ring (bicyclic) bond motifs is 2. The van der Waals surface area contributed by atoms with Gasteiger partial charge in [-0.2, -0.15) is 0 Å². The van der Waals surface area contributed by atoms with Crippen molar-refractivity contribution in [2.45, 2.75) is 0 Å². The molecule has 0 radical (unpaired) electrons. The van der Waals surface area contributed by atoms with Crippen LogP contribution in [-0.2, 0) is 11.8 Å². The standard InChI is InChI=1S/C22H21N3O4/c1-25-21(15-6-8-17-14(13-15)5-4-10-23-17)24-19-16(22(25)26)7-9-18(20(19)28-3)29-12-11-27-2/h4-10,13H,11-12H2,1-3H3. The monoisotopic (exact) mass is 391 g/mol. The van der Waals surface area contributed by atoms with Crippen molar-refractivity contribution in [3.63, 3.8) is 0 Å². The summed E-state index contributed by atoms with van der Waals surface area (Å²) in [4.78, 5) is 22.1. The molecule has 0 bridgehead atoms. The van der Waals surface area contributed by atoms with Crippen LogP contribution >= 0.6 is 0 Å². The lowest BCUT2D eigenvalue weighted by molar-refractivity contribution is 0.144. The maximum Gasteiger partial charge on any atom is 0.261 e. The van der Waals surface area contributed by atoms with Crippen LogP contribution < -0.4 is 15.0 Å². The lowest BCUT2D eigenvalue weighted by atomic mass is 10.1. The van der Waals surface area contributed by atoms with E-state index in [0.717, 1.165) is 16.5 Å². The smallest absolute Gasteiger partial charge is 0.261 e. The number of pyridine rings is 1. The molecule has 0 spiro atoms. The molecule has 7 heteroatoms. The summed E-state index contributed by atoms with van der Waals surface area (Å²) in [6, 6.07) is 13.1. The van der Waals surface area contributed by atoms with Crippen LogP contribution in [0.2, 0.25) is 0 Å². The first-order chi connectivity index (χ1) is 14.1. The van der Waals surface area contributed by atoms with Crippen LogP contribution in [0.3, 0.4) is 0 Å². The molecule has 4 aromatic rings. The normalized spacial score (nSPS) is 11.1. The molecule has 0 saturated carbocycles. The van der Waals surface area contributed by atoms with Crippen molar-refractivity contribution in [1.29, 1.82) is 0 Å². The van der Waals surface area contributed by atoms with Gasteiger partial charge in [0.05, 0.1) is 24.6 Å². The van der Waals surface area contributed by atoms with Gasteiger partial charge in [0.15, 0.2) is 11.5 Å². The van der Waals surface area contributed by atoms with E-state index in [1.165, 1.54) is 0 Å². The third-order valence-corrected chi connectivity index (χ3v) is 4.78. The van der Waals surface area contributed by atoms with Gasteiger partial charge in [-0.1, -0.05) is 6.07 Å². The van der Waals surface area contributed by atoms with Crippen molar-refractivity contribution >= 4 is 21.8 Å². The first kappa shape index (κ1) is 18.9. The van der Waals surface area contributed by atoms with Gasteiger partial charge in [0.25, 0.3) is 5.56 Å². The zero-order valence-electron chi connectivity index (χ0n) is 16.5. The van der Waals surface area contributed by atoms with Crippen LogP contribution in [0, 0.1) is 0 Å². The predicted octanol–water partition coefficient (Wildman–Crippen LogP) is 3.18. The van der Waals surface area contributed by atoms with Crippen LogP contribution in [0.4, 0.5) is 0 Å². The van der Waals surface area contributed by atoms with Crippen LogP contribution in [0.25, 0.3) is 33.2 Å². The highest BCUT2D eigenvalue weighted by Crippen LogP contribution is 2.34. The Morgan fingerprint density at radius 1 is 1.07 bits per heavy atom. The summed E-state index contributed by atoms with van der Waals surface area (Å²) in [7, 11) is 4.86. The molecule has 0 aliphatic heterocycles. The Labute approximate surface area is 167 Å². The van der Waals surface area contributed by atoms with Crippen molar-refractivity contribution in [2.24, 2.45) is 7.05 Å². The molecular weight excluding hydrogens is 370 g/mol. The molecule has 148 valence electrons. The van der Waals surface area contributed by atoms with Gasteiger partial charge in [-0.25, -0.2) is 4.98 Å². The van der Waals surface area contributed by atoms with Gasteiger partial charge in [0, 0.05) is 31.3 Å². The SMILES string of the molecule is COCCOc1ccc2c(=O)n(C)c(-c3ccc4ncccc4c3)nc2c1OC. The molecule has 0 aliphatic carbocycles. The van der Waals surface area contributed by atoms with Crippen molar-refractivity contribution in [2.75, 3.05) is 27.4 Å². The zero-order valence-corrected chi connectivity index (χ0v) is 16.5. The van der Waals surface area contributed by atoms with E-state index in [-0.39, 0.29) is 5.56 Å². The average Bonchev–Trinajstić information content (AvgIpc) is 2.75. The fourth-order valence-electron chi connectivity index (χ4n) is 3.31. The Kier molecular flexibility index (Phi) is 5.14. The Morgan fingerprint density at radius 3 is 2.72 bits per heavy atom. The number of ether oxygens (including phenoxy) is 3. The average molecular weight is 391 g/mol. The molecule has 0 aliphatic rings. The number of hydrogen-bond donors (Lipinski definition) is 0. The second kappa shape index (κ2) is 7.89. The van der Waals surface area contributed by atoms with E-state index in [1.54, 1.807) is 44.2 Å². The molecule has 2 aromatic heterocycles. The summed E-state index contributed by atoms with van der Waals surface area (Å²) < 4.78 is 17.9. The van der Waals surface area contributed by atoms with Gasteiger partial charge >= 0.3 is 0 Å². The fourth-order valence-corrected chi connectivity index (χ4v) is 3.31. The van der Waals surface area contributed by atoms with Crippen molar-refractivity contribution in [3.8, 4) is 22.9 Å². The minimum atomic E-state index is -0.155. The lowest BCUT2D eigenvalue weighted by Crippen LogP contribution is -2.20. The summed E-state index contributed by atoms with van der Waals surface area (Å²) in [6.45, 7) is 0.815. The number of nitrogens with zero attached hydrogens (tertiary/aromatic N) is 3. The summed E-state index contributed by atoms with van der Waals surface area (Å²) in [6.07, 6.45) is 1.75. The van der Waals surface area contributed by atoms with Crippen LogP contribution in [0.1, 0.15) is 0 Å². The molecule has 0 fully saturated rings. The second-order valence-corrected chi connectivity index (χ2v) is 6.54. The van der Waals surface area contributed by atoms with Gasteiger partial charge in [0.1, 0.15) is 17.9 Å². The molecule has 0 N–H and O–H groups in total. The van der Waals surface area contributed by atoms with Crippen LogP contribution in [0.5, 0.6) is 11.5 Å². The van der Waals surface area contributed by atoms with Crippen LogP contribution in [0.15, 0.2) is 53.5 Å². The first-order valence-corrected chi connectivity index (χ1v) is 9.18. The molecule has 0 amide bonds. The molecule has 0 atom stereocenters. The summed E-state index contributed by atoms with van der Waals surface area (Å²) >= 11 is 0. The van der Waals surface area contributed by atoms with E-state index in [1.807, 2.05) is 30.3 Å². The number of aromatic nitrogens is 3. The number of rotatable bonds is 6. The van der Waals surface area contributed by atoms with E-state index in [9.17, 15) is 4.79 Å². The molecule has 0 saturated heterocycles. The Balaban J connectivity index is 1.91. The minimum Gasteiger partial charge on any atom is -0.491 e. The molecule has 29 heavy (non-hydrogen) atoms. The van der Waals surface area contributed by atoms with Crippen molar-refractivity contribution in [3.05, 3.63) is 59.0 Å². The number of hydrogen-bond acceptors (Lipinski definition) is 6. The molecule has 7 nitrogen and oxygen atoms in total. The van der Waals surface area contributed by atoms with E-state index in [4.69, 9.17) is 19.2 Å². The highest BCUT2D eigenvalue weighted by atomic mass is 16.5. The van der Waals surface area contributed by atoms with E-state index in [0.29, 0.717) is 41.4 Å². The van der Waals surface area contributed by atoms with Crippen molar-refractivity contribution in [1.82, 2.24) is 14.5 Å². The Morgan fingerprint density at radius 2 is 1.93 bits per heavy atom. The van der Waals surface area contributed by atoms with Gasteiger partial charge in [-0.3, -0.25) is 14.3 Å². The summed E-state index contributed by atoms with van der Waals surface area (Å²) in [5.41, 5.74) is 2.01. The minimum absolute atomic E-state index is 0.155. The zero-order chi connectivity index (χ0) is 20.4. The van der Waals surface area contributed by atoms with Gasteiger partial charge in [0.2, 0.25) is 0 Å². The quantitative estimate of drug-likeness (QED) is 0.470. The molecular formula is C22H21N3O4. The predicted molar refractivity (Wildman–Crippen MR) is 112 cm³/mol. The van der Waals surface area contributed by atoms with Gasteiger partial charge in [-0.15, -0.1) is 0 Å². The largest absolute Gasteiger partial charge is 0.491 e. The number of benzene rings is 2. The third-order valence-electron chi connectivity index (χ3n) is 4.78. The van der Waals surface area contributed by atoms with Gasteiger partial charge in [-0.05, 0) is 36.4 Å². The van der Waals surface area contributed by atoms with Crippen LogP contribution in [-0.4, -0.2) is 42.0 Å². The van der Waals surface area contributed by atoms with E-state index >= 15 is 0 Å². The molecule has 0 unspecified atom stereocenters. The Hall–Kier alpha value is -3.45. The van der Waals surface area contributed by atoms with Gasteiger partial charge < -0.3 is 14.2 Å². The molecule has 2 aromatic carbocycles. The summed E-state index contributed by atoms with van der Waals surface area (Å²) in [5, 5.41) is 1.44. The third kappa shape index (κ3) is 3.40. The highest BCUT2D eigenvalue weighted by Gasteiger charge is 2.17. The number of methoxy groups -OCH3 is 2. The Bertz CT molecular complexity index is 1250. The summed E-state index contributed by atoms with van der Waals surface area (Å²) in [5.74, 6) is 1.49. The maximum atomic E-state index is 13.0.